The number of phenolic OH excluding ortho intramolecular Hbond substituents is 1. The van der Waals surface area contributed by atoms with Gasteiger partial charge in [0.2, 0.25) is 5.88 Å². The number of ether oxygens (including phenoxy) is 2. The molecule has 0 amide bonds. The molecule has 27 heavy (non-hydrogen) atoms. The first-order valence-electron chi connectivity index (χ1n) is 8.10. The third kappa shape index (κ3) is 3.41. The van der Waals surface area contributed by atoms with Crippen LogP contribution in [-0.4, -0.2) is 39.8 Å². The number of nitrogens with zero attached hydrogens (tertiary/aromatic N) is 2. The van der Waals surface area contributed by atoms with E-state index < -0.39 is 23.3 Å². The zero-order chi connectivity index (χ0) is 19.6. The van der Waals surface area contributed by atoms with E-state index in [1.807, 2.05) is 0 Å². The second-order valence-corrected chi connectivity index (χ2v) is 5.85. The van der Waals surface area contributed by atoms with Crippen molar-refractivity contribution in [3.05, 3.63) is 64.1 Å². The third-order valence-electron chi connectivity index (χ3n) is 4.30. The molecule has 1 aromatic carbocycles. The fraction of sp³-hybridized carbons (Fsp3) is 0.211. The average molecular weight is 370 g/mol. The summed E-state index contributed by atoms with van der Waals surface area (Å²) in [5.74, 6) is -1.79. The van der Waals surface area contributed by atoms with Crippen LogP contribution in [0.25, 0.3) is 5.65 Å². The quantitative estimate of drug-likeness (QED) is 0.659. The molecule has 8 heteroatoms. The molecule has 2 heterocycles. The van der Waals surface area contributed by atoms with Gasteiger partial charge in [0.25, 0.3) is 5.56 Å². The Labute approximate surface area is 154 Å². The van der Waals surface area contributed by atoms with E-state index in [2.05, 4.69) is 4.98 Å². The molecule has 140 valence electrons. The number of methoxy groups -OCH3 is 2. The lowest BCUT2D eigenvalue weighted by atomic mass is 9.89. The molecule has 0 bridgehead atoms. The lowest BCUT2D eigenvalue weighted by Crippen LogP contribution is -2.24. The summed E-state index contributed by atoms with van der Waals surface area (Å²) in [5.41, 5.74) is 0.222. The summed E-state index contributed by atoms with van der Waals surface area (Å²) in [4.78, 5) is 29.0. The monoisotopic (exact) mass is 370 g/mol. The first-order chi connectivity index (χ1) is 13.0. The molecule has 0 saturated carbocycles. The number of rotatable bonds is 5. The van der Waals surface area contributed by atoms with Crippen LogP contribution in [0.1, 0.15) is 23.5 Å². The predicted molar refractivity (Wildman–Crippen MR) is 96.3 cm³/mol. The van der Waals surface area contributed by atoms with Gasteiger partial charge in [0.1, 0.15) is 5.65 Å². The zero-order valence-electron chi connectivity index (χ0n) is 14.7. The molecule has 1 unspecified atom stereocenters. The second kappa shape index (κ2) is 7.36. The van der Waals surface area contributed by atoms with E-state index in [-0.39, 0.29) is 29.1 Å². The maximum atomic E-state index is 13.0. The number of benzene rings is 1. The van der Waals surface area contributed by atoms with Gasteiger partial charge in [-0.2, -0.15) is 4.98 Å². The van der Waals surface area contributed by atoms with Crippen molar-refractivity contribution in [2.45, 2.75) is 12.3 Å². The Hall–Kier alpha value is -3.55. The first kappa shape index (κ1) is 18.2. The molecular weight excluding hydrogens is 352 g/mol. The van der Waals surface area contributed by atoms with E-state index in [1.165, 1.54) is 36.9 Å². The van der Waals surface area contributed by atoms with E-state index in [1.54, 1.807) is 24.3 Å². The Morgan fingerprint density at radius 3 is 2.70 bits per heavy atom. The highest BCUT2D eigenvalue weighted by Gasteiger charge is 2.27. The molecule has 0 radical (unpaired) electrons. The Bertz CT molecular complexity index is 1060. The Morgan fingerprint density at radius 2 is 2.00 bits per heavy atom. The molecule has 0 aliphatic heterocycles. The van der Waals surface area contributed by atoms with Crippen LogP contribution in [0.2, 0.25) is 0 Å². The number of carbonyl (C=O) groups is 1. The number of carbonyl (C=O) groups excluding carboxylic acids is 1. The van der Waals surface area contributed by atoms with Crippen LogP contribution in [0, 0.1) is 0 Å². The predicted octanol–water partition coefficient (Wildman–Crippen LogP) is 1.81. The van der Waals surface area contributed by atoms with Crippen LogP contribution >= 0.6 is 0 Å². The van der Waals surface area contributed by atoms with E-state index >= 15 is 0 Å². The average Bonchev–Trinajstić information content (AvgIpc) is 2.67. The van der Waals surface area contributed by atoms with Crippen LogP contribution in [0.5, 0.6) is 17.4 Å². The lowest BCUT2D eigenvalue weighted by molar-refractivity contribution is -0.140. The maximum Gasteiger partial charge on any atom is 0.306 e. The number of aromatic nitrogens is 2. The summed E-state index contributed by atoms with van der Waals surface area (Å²) in [7, 11) is 2.63. The van der Waals surface area contributed by atoms with Crippen LogP contribution in [0.3, 0.4) is 0 Å². The van der Waals surface area contributed by atoms with E-state index in [4.69, 9.17) is 9.47 Å². The highest BCUT2D eigenvalue weighted by Crippen LogP contribution is 2.36. The van der Waals surface area contributed by atoms with Gasteiger partial charge in [-0.05, 0) is 29.8 Å². The smallest absolute Gasteiger partial charge is 0.306 e. The van der Waals surface area contributed by atoms with Crippen molar-refractivity contribution in [2.24, 2.45) is 0 Å². The van der Waals surface area contributed by atoms with Gasteiger partial charge in [0.15, 0.2) is 11.5 Å². The fourth-order valence-electron chi connectivity index (χ4n) is 2.94. The third-order valence-corrected chi connectivity index (χ3v) is 4.30. The minimum atomic E-state index is -0.843. The normalized spacial score (nSPS) is 11.9. The summed E-state index contributed by atoms with van der Waals surface area (Å²) in [6.07, 6.45) is 1.33. The number of hydrogen-bond donors (Lipinski definition) is 2. The summed E-state index contributed by atoms with van der Waals surface area (Å²) < 4.78 is 11.1. The fourth-order valence-corrected chi connectivity index (χ4v) is 2.94. The molecule has 2 N–H and O–H groups in total. The lowest BCUT2D eigenvalue weighted by Gasteiger charge is -2.18. The molecular formula is C19H18N2O6. The number of aromatic hydroxyl groups is 2. The van der Waals surface area contributed by atoms with Gasteiger partial charge in [-0.3, -0.25) is 14.0 Å². The summed E-state index contributed by atoms with van der Waals surface area (Å²) in [6.45, 7) is 0. The van der Waals surface area contributed by atoms with Gasteiger partial charge >= 0.3 is 5.97 Å². The molecule has 0 aliphatic rings. The van der Waals surface area contributed by atoms with Gasteiger partial charge in [-0.15, -0.1) is 0 Å². The molecule has 8 nitrogen and oxygen atoms in total. The summed E-state index contributed by atoms with van der Waals surface area (Å²) in [6, 6.07) is 9.38. The number of pyridine rings is 1. The number of esters is 1. The van der Waals surface area contributed by atoms with Crippen LogP contribution in [0.4, 0.5) is 0 Å². The van der Waals surface area contributed by atoms with Crippen molar-refractivity contribution in [1.82, 2.24) is 9.38 Å². The zero-order valence-corrected chi connectivity index (χ0v) is 14.7. The largest absolute Gasteiger partial charge is 0.504 e. The van der Waals surface area contributed by atoms with Crippen molar-refractivity contribution in [3.63, 3.8) is 0 Å². The molecule has 1 atom stereocenters. The maximum absolute atomic E-state index is 13.0. The Kier molecular flexibility index (Phi) is 4.98. The van der Waals surface area contributed by atoms with Gasteiger partial charge in [-0.1, -0.05) is 12.1 Å². The van der Waals surface area contributed by atoms with Gasteiger partial charge in [-0.25, -0.2) is 0 Å². The number of phenols is 1. The SMILES string of the molecule is COC(=O)CC(c1ccc(O)c(OC)c1)c1c(O)nc2ccccn2c1=O. The minimum absolute atomic E-state index is 0.0446. The van der Waals surface area contributed by atoms with Crippen molar-refractivity contribution < 1.29 is 24.5 Å². The van der Waals surface area contributed by atoms with Gasteiger partial charge < -0.3 is 19.7 Å². The van der Waals surface area contributed by atoms with Gasteiger partial charge in [0, 0.05) is 12.1 Å². The topological polar surface area (TPSA) is 110 Å². The standard InChI is InChI=1S/C19H18N2O6/c1-26-14-9-11(6-7-13(14)22)12(10-16(23)27-2)17-18(24)20-15-5-3-4-8-21(15)19(17)25/h3-9,12,22,24H,10H2,1-2H3. The molecule has 0 aliphatic carbocycles. The first-order valence-corrected chi connectivity index (χ1v) is 8.10. The van der Waals surface area contributed by atoms with E-state index in [0.29, 0.717) is 5.56 Å². The number of fused-ring (bicyclic) bond motifs is 1. The highest BCUT2D eigenvalue weighted by atomic mass is 16.5. The molecule has 2 aromatic heterocycles. The molecule has 3 rings (SSSR count). The second-order valence-electron chi connectivity index (χ2n) is 5.85. The number of hydrogen-bond acceptors (Lipinski definition) is 7. The van der Waals surface area contributed by atoms with Crippen LogP contribution < -0.4 is 10.3 Å². The van der Waals surface area contributed by atoms with Gasteiger partial charge in [0.05, 0.1) is 26.2 Å². The van der Waals surface area contributed by atoms with Crippen molar-refractivity contribution in [2.75, 3.05) is 14.2 Å². The van der Waals surface area contributed by atoms with Crippen molar-refractivity contribution >= 4 is 11.6 Å². The molecule has 0 fully saturated rings. The van der Waals surface area contributed by atoms with Crippen LogP contribution in [0.15, 0.2) is 47.4 Å². The summed E-state index contributed by atoms with van der Waals surface area (Å²) in [5, 5.41) is 20.3. The highest BCUT2D eigenvalue weighted by molar-refractivity contribution is 5.71. The molecule has 0 saturated heterocycles. The Balaban J connectivity index is 2.24. The van der Waals surface area contributed by atoms with Crippen molar-refractivity contribution in [1.29, 1.82) is 0 Å². The summed E-state index contributed by atoms with van der Waals surface area (Å²) >= 11 is 0. The van der Waals surface area contributed by atoms with E-state index in [0.717, 1.165) is 0 Å². The minimum Gasteiger partial charge on any atom is -0.504 e. The molecule has 3 aromatic rings. The van der Waals surface area contributed by atoms with Crippen LogP contribution in [-0.2, 0) is 9.53 Å². The van der Waals surface area contributed by atoms with Crippen molar-refractivity contribution in [3.8, 4) is 17.4 Å². The molecule has 0 spiro atoms. The Morgan fingerprint density at radius 1 is 1.22 bits per heavy atom. The van der Waals surface area contributed by atoms with E-state index in [9.17, 15) is 19.8 Å².